The van der Waals surface area contributed by atoms with Crippen LogP contribution in [0.1, 0.15) is 5.69 Å². The number of hydrogen-bond donors (Lipinski definition) is 2. The molecule has 3 aromatic rings. The van der Waals surface area contributed by atoms with Crippen molar-refractivity contribution in [2.45, 2.75) is 6.61 Å². The van der Waals surface area contributed by atoms with E-state index in [0.29, 0.717) is 12.4 Å². The highest BCUT2D eigenvalue weighted by molar-refractivity contribution is 5.66. The van der Waals surface area contributed by atoms with Gasteiger partial charge in [0.15, 0.2) is 5.65 Å². The van der Waals surface area contributed by atoms with E-state index in [0.717, 1.165) is 22.6 Å². The van der Waals surface area contributed by atoms with E-state index in [-0.39, 0.29) is 0 Å². The van der Waals surface area contributed by atoms with Gasteiger partial charge in [0.1, 0.15) is 5.82 Å². The maximum absolute atomic E-state index is 5.58. The molecule has 0 radical (unpaired) electrons. The Kier molecular flexibility index (Phi) is 3.32. The second kappa shape index (κ2) is 5.28. The van der Waals surface area contributed by atoms with E-state index in [2.05, 4.69) is 15.5 Å². The molecular weight excluding hydrogens is 254 g/mol. The van der Waals surface area contributed by atoms with Crippen molar-refractivity contribution >= 4 is 11.5 Å². The minimum Gasteiger partial charge on any atom is -0.378 e. The molecule has 3 N–H and O–H groups in total. The summed E-state index contributed by atoms with van der Waals surface area (Å²) in [5, 5.41) is 4.39. The second-order valence-electron chi connectivity index (χ2n) is 4.38. The first-order chi connectivity index (χ1) is 9.81. The van der Waals surface area contributed by atoms with Crippen LogP contribution in [0.5, 0.6) is 0 Å². The second-order valence-corrected chi connectivity index (χ2v) is 4.38. The summed E-state index contributed by atoms with van der Waals surface area (Å²) < 4.78 is 6.76. The van der Waals surface area contributed by atoms with E-state index in [9.17, 15) is 0 Å². The molecule has 0 atom stereocenters. The van der Waals surface area contributed by atoms with Crippen LogP contribution in [-0.2, 0) is 11.3 Å². The van der Waals surface area contributed by atoms with Crippen LogP contribution >= 0.6 is 0 Å². The summed E-state index contributed by atoms with van der Waals surface area (Å²) in [6.07, 6.45) is 0. The number of hydrogen-bond acceptors (Lipinski definition) is 5. The Morgan fingerprint density at radius 3 is 2.75 bits per heavy atom. The first-order valence-corrected chi connectivity index (χ1v) is 6.22. The van der Waals surface area contributed by atoms with Gasteiger partial charge in [-0.15, -0.1) is 0 Å². The zero-order valence-corrected chi connectivity index (χ0v) is 11.1. The number of ether oxygens (including phenoxy) is 1. The molecule has 1 aromatic carbocycles. The maximum Gasteiger partial charge on any atom is 0.158 e. The Morgan fingerprint density at radius 2 is 2.05 bits per heavy atom. The van der Waals surface area contributed by atoms with E-state index in [4.69, 9.17) is 10.6 Å². The summed E-state index contributed by atoms with van der Waals surface area (Å²) >= 11 is 0. The largest absolute Gasteiger partial charge is 0.378 e. The number of benzene rings is 1. The molecule has 0 amide bonds. The van der Waals surface area contributed by atoms with Gasteiger partial charge in [-0.1, -0.05) is 30.3 Å². The zero-order chi connectivity index (χ0) is 13.9. The Labute approximate surface area is 116 Å². The van der Waals surface area contributed by atoms with Crippen LogP contribution in [0.4, 0.5) is 5.82 Å². The molecule has 0 aliphatic heterocycles. The quantitative estimate of drug-likeness (QED) is 0.558. The molecule has 3 rings (SSSR count). The molecule has 0 fully saturated rings. The lowest BCUT2D eigenvalue weighted by Gasteiger charge is -2.07. The smallest absolute Gasteiger partial charge is 0.158 e. The lowest BCUT2D eigenvalue weighted by Crippen LogP contribution is -2.12. The summed E-state index contributed by atoms with van der Waals surface area (Å²) in [4.78, 5) is 4.61. The highest BCUT2D eigenvalue weighted by Crippen LogP contribution is 2.22. The predicted octanol–water partition coefficient (Wildman–Crippen LogP) is 1.83. The standard InChI is InChI=1S/C14H15N5O/c1-20-9-11-7-13-16-12(10-5-3-2-4-6-10)8-14(17-15)19(13)18-11/h2-8,17H,9,15H2,1H3. The third-order valence-corrected chi connectivity index (χ3v) is 2.99. The van der Waals surface area contributed by atoms with Gasteiger partial charge in [-0.05, 0) is 0 Å². The third kappa shape index (κ3) is 2.22. The SMILES string of the molecule is COCc1cc2nc(-c3ccccc3)cc(NN)n2n1. The summed E-state index contributed by atoms with van der Waals surface area (Å²) in [6.45, 7) is 0.439. The van der Waals surface area contributed by atoms with Gasteiger partial charge in [0, 0.05) is 24.8 Å². The van der Waals surface area contributed by atoms with Crippen molar-refractivity contribution in [3.63, 3.8) is 0 Å². The average molecular weight is 269 g/mol. The molecular formula is C14H15N5O. The van der Waals surface area contributed by atoms with Gasteiger partial charge < -0.3 is 10.2 Å². The molecule has 6 nitrogen and oxygen atoms in total. The van der Waals surface area contributed by atoms with Gasteiger partial charge in [-0.2, -0.15) is 9.61 Å². The van der Waals surface area contributed by atoms with Gasteiger partial charge in [0.2, 0.25) is 0 Å². The number of fused-ring (bicyclic) bond motifs is 1. The molecule has 0 saturated heterocycles. The molecule has 102 valence electrons. The lowest BCUT2D eigenvalue weighted by molar-refractivity contribution is 0.181. The highest BCUT2D eigenvalue weighted by Gasteiger charge is 2.10. The molecule has 0 unspecified atom stereocenters. The van der Waals surface area contributed by atoms with Crippen molar-refractivity contribution in [2.24, 2.45) is 5.84 Å². The summed E-state index contributed by atoms with van der Waals surface area (Å²) in [6, 6.07) is 13.7. The maximum atomic E-state index is 5.58. The number of aromatic nitrogens is 3. The summed E-state index contributed by atoms with van der Waals surface area (Å²) in [5.74, 6) is 6.25. The monoisotopic (exact) mass is 269 g/mol. The Hall–Kier alpha value is -2.44. The van der Waals surface area contributed by atoms with E-state index in [1.807, 2.05) is 42.5 Å². The Balaban J connectivity index is 2.16. The molecule has 0 bridgehead atoms. The highest BCUT2D eigenvalue weighted by atomic mass is 16.5. The topological polar surface area (TPSA) is 77.5 Å². The third-order valence-electron chi connectivity index (χ3n) is 2.99. The molecule has 2 heterocycles. The van der Waals surface area contributed by atoms with Gasteiger partial charge in [0.25, 0.3) is 0 Å². The first kappa shape index (κ1) is 12.6. The number of nitrogens with one attached hydrogen (secondary N) is 1. The number of nitrogens with zero attached hydrogens (tertiary/aromatic N) is 3. The van der Waals surface area contributed by atoms with Crippen LogP contribution in [-0.4, -0.2) is 21.7 Å². The minimum absolute atomic E-state index is 0.439. The van der Waals surface area contributed by atoms with Crippen molar-refractivity contribution in [1.82, 2.24) is 14.6 Å². The zero-order valence-electron chi connectivity index (χ0n) is 11.1. The van der Waals surface area contributed by atoms with Gasteiger partial charge >= 0.3 is 0 Å². The molecule has 0 aliphatic carbocycles. The molecule has 0 saturated carbocycles. The van der Waals surface area contributed by atoms with E-state index >= 15 is 0 Å². The number of rotatable bonds is 4. The van der Waals surface area contributed by atoms with Crippen molar-refractivity contribution in [3.05, 3.63) is 48.2 Å². The van der Waals surface area contributed by atoms with Crippen molar-refractivity contribution < 1.29 is 4.74 Å². The van der Waals surface area contributed by atoms with Gasteiger partial charge in [-0.25, -0.2) is 10.8 Å². The minimum atomic E-state index is 0.439. The van der Waals surface area contributed by atoms with Crippen LogP contribution in [0.15, 0.2) is 42.5 Å². The van der Waals surface area contributed by atoms with Gasteiger partial charge in [0.05, 0.1) is 18.0 Å². The molecule has 2 aromatic heterocycles. The van der Waals surface area contributed by atoms with Crippen LogP contribution < -0.4 is 11.3 Å². The van der Waals surface area contributed by atoms with Gasteiger partial charge in [-0.3, -0.25) is 0 Å². The first-order valence-electron chi connectivity index (χ1n) is 6.22. The fourth-order valence-corrected chi connectivity index (χ4v) is 2.10. The van der Waals surface area contributed by atoms with Crippen LogP contribution in [0.25, 0.3) is 16.9 Å². The molecule has 0 aliphatic rings. The molecule has 6 heteroatoms. The fourth-order valence-electron chi connectivity index (χ4n) is 2.10. The molecule has 0 spiro atoms. The van der Waals surface area contributed by atoms with E-state index in [1.165, 1.54) is 0 Å². The van der Waals surface area contributed by atoms with Crippen molar-refractivity contribution in [1.29, 1.82) is 0 Å². The normalized spacial score (nSPS) is 10.9. The summed E-state index contributed by atoms with van der Waals surface area (Å²) in [5.41, 5.74) is 6.06. The number of hydrazine groups is 1. The number of nitrogens with two attached hydrogens (primary N) is 1. The van der Waals surface area contributed by atoms with E-state index < -0.39 is 0 Å². The average Bonchev–Trinajstić information content (AvgIpc) is 2.90. The Morgan fingerprint density at radius 1 is 1.25 bits per heavy atom. The number of anilines is 1. The van der Waals surface area contributed by atoms with Crippen LogP contribution in [0.3, 0.4) is 0 Å². The van der Waals surface area contributed by atoms with Crippen molar-refractivity contribution in [3.8, 4) is 11.3 Å². The van der Waals surface area contributed by atoms with Crippen LogP contribution in [0, 0.1) is 0 Å². The summed E-state index contributed by atoms with van der Waals surface area (Å²) in [7, 11) is 1.63. The van der Waals surface area contributed by atoms with Crippen LogP contribution in [0.2, 0.25) is 0 Å². The molecule has 20 heavy (non-hydrogen) atoms. The van der Waals surface area contributed by atoms with Crippen molar-refractivity contribution in [2.75, 3.05) is 12.5 Å². The van der Waals surface area contributed by atoms with E-state index in [1.54, 1.807) is 11.6 Å². The number of methoxy groups -OCH3 is 1. The Bertz CT molecular complexity index is 723. The number of nitrogen functional groups attached to an aromatic ring is 1. The lowest BCUT2D eigenvalue weighted by atomic mass is 10.1. The fraction of sp³-hybridized carbons (Fsp3) is 0.143. The predicted molar refractivity (Wildman–Crippen MR) is 76.9 cm³/mol.